The molecular formula is C16H11F2N3O2. The topological polar surface area (TPSA) is 75.0 Å². The zero-order chi connectivity index (χ0) is 16.4. The van der Waals surface area contributed by atoms with Gasteiger partial charge in [0.05, 0.1) is 24.1 Å². The molecule has 2 aromatic rings. The third-order valence-electron chi connectivity index (χ3n) is 3.41. The van der Waals surface area contributed by atoms with Crippen molar-refractivity contribution in [2.24, 2.45) is 11.8 Å². The van der Waals surface area contributed by atoms with E-state index in [2.05, 4.69) is 10.3 Å². The summed E-state index contributed by atoms with van der Waals surface area (Å²) >= 11 is 0. The SMILES string of the molecule is N#C[C@@H]1C[C@@H]1C(=O)Nc1ccc(Oc2ccc(F)c(F)c2)cn1. The number of anilines is 1. The molecule has 1 aromatic heterocycles. The van der Waals surface area contributed by atoms with E-state index in [1.807, 2.05) is 6.07 Å². The van der Waals surface area contributed by atoms with Gasteiger partial charge in [-0.1, -0.05) is 0 Å². The maximum absolute atomic E-state index is 13.1. The Balaban J connectivity index is 1.62. The minimum absolute atomic E-state index is 0.136. The van der Waals surface area contributed by atoms with Gasteiger partial charge in [0.2, 0.25) is 5.91 Å². The van der Waals surface area contributed by atoms with Gasteiger partial charge >= 0.3 is 0 Å². The summed E-state index contributed by atoms with van der Waals surface area (Å²) in [5, 5.41) is 11.3. The number of nitrogens with one attached hydrogen (secondary N) is 1. The van der Waals surface area contributed by atoms with Gasteiger partial charge in [-0.25, -0.2) is 13.8 Å². The van der Waals surface area contributed by atoms with Crippen molar-refractivity contribution in [3.8, 4) is 17.6 Å². The minimum atomic E-state index is -1.00. The summed E-state index contributed by atoms with van der Waals surface area (Å²) in [5.74, 6) is -1.91. The molecule has 0 saturated heterocycles. The molecule has 0 bridgehead atoms. The Hall–Kier alpha value is -3.01. The zero-order valence-corrected chi connectivity index (χ0v) is 11.8. The molecule has 116 valence electrons. The van der Waals surface area contributed by atoms with Crippen LogP contribution < -0.4 is 10.1 Å². The van der Waals surface area contributed by atoms with Gasteiger partial charge in [0.15, 0.2) is 11.6 Å². The summed E-state index contributed by atoms with van der Waals surface area (Å²) in [5.41, 5.74) is 0. The Bertz CT molecular complexity index is 787. The highest BCUT2D eigenvalue weighted by atomic mass is 19.2. The van der Waals surface area contributed by atoms with Crippen LogP contribution in [0.5, 0.6) is 11.5 Å². The number of hydrogen-bond donors (Lipinski definition) is 1. The van der Waals surface area contributed by atoms with E-state index in [0.717, 1.165) is 12.1 Å². The second-order valence-corrected chi connectivity index (χ2v) is 5.12. The highest BCUT2D eigenvalue weighted by Crippen LogP contribution is 2.38. The Labute approximate surface area is 130 Å². The lowest BCUT2D eigenvalue weighted by atomic mass is 10.3. The number of halogens is 2. The average Bonchev–Trinajstić information content (AvgIpc) is 3.33. The standard InChI is InChI=1S/C16H11F2N3O2/c17-13-3-1-10(6-14(13)18)23-11-2-4-15(20-8-11)21-16(22)12-5-9(12)7-19/h1-4,6,8-9,12H,5H2,(H,20,21,22)/t9-,12-/m0/s1. The third kappa shape index (κ3) is 3.43. The lowest BCUT2D eigenvalue weighted by molar-refractivity contribution is -0.117. The third-order valence-corrected chi connectivity index (χ3v) is 3.41. The molecule has 0 radical (unpaired) electrons. The smallest absolute Gasteiger partial charge is 0.230 e. The van der Waals surface area contributed by atoms with E-state index in [9.17, 15) is 13.6 Å². The van der Waals surface area contributed by atoms with Crippen LogP contribution in [0.3, 0.4) is 0 Å². The fourth-order valence-corrected chi connectivity index (χ4v) is 2.04. The van der Waals surface area contributed by atoms with E-state index in [0.29, 0.717) is 18.0 Å². The van der Waals surface area contributed by atoms with E-state index in [4.69, 9.17) is 10.00 Å². The minimum Gasteiger partial charge on any atom is -0.456 e. The summed E-state index contributed by atoms with van der Waals surface area (Å²) in [7, 11) is 0. The molecule has 3 rings (SSSR count). The Morgan fingerprint density at radius 2 is 2.04 bits per heavy atom. The van der Waals surface area contributed by atoms with Crippen LogP contribution in [0.4, 0.5) is 14.6 Å². The summed E-state index contributed by atoms with van der Waals surface area (Å²) < 4.78 is 31.3. The predicted octanol–water partition coefficient (Wildman–Crippen LogP) is 3.25. The normalized spacial score (nSPS) is 18.8. The van der Waals surface area contributed by atoms with E-state index < -0.39 is 11.6 Å². The zero-order valence-electron chi connectivity index (χ0n) is 11.8. The predicted molar refractivity (Wildman–Crippen MR) is 76.5 cm³/mol. The van der Waals surface area contributed by atoms with Gasteiger partial charge < -0.3 is 10.1 Å². The van der Waals surface area contributed by atoms with Crippen molar-refractivity contribution in [2.45, 2.75) is 6.42 Å². The lowest BCUT2D eigenvalue weighted by Gasteiger charge is -2.07. The fraction of sp³-hybridized carbons (Fsp3) is 0.188. The maximum Gasteiger partial charge on any atom is 0.230 e. The molecule has 5 nitrogen and oxygen atoms in total. The van der Waals surface area contributed by atoms with E-state index in [1.165, 1.54) is 18.3 Å². The van der Waals surface area contributed by atoms with Gasteiger partial charge in [-0.3, -0.25) is 4.79 Å². The van der Waals surface area contributed by atoms with Gasteiger partial charge in [-0.15, -0.1) is 0 Å². The highest BCUT2D eigenvalue weighted by molar-refractivity contribution is 5.94. The van der Waals surface area contributed by atoms with Crippen LogP contribution in [0.2, 0.25) is 0 Å². The van der Waals surface area contributed by atoms with Gasteiger partial charge in [0.1, 0.15) is 17.3 Å². The molecule has 1 heterocycles. The second kappa shape index (κ2) is 6.01. The molecule has 1 amide bonds. The number of pyridine rings is 1. The first kappa shape index (κ1) is 14.9. The van der Waals surface area contributed by atoms with Gasteiger partial charge in [-0.05, 0) is 30.7 Å². The highest BCUT2D eigenvalue weighted by Gasteiger charge is 2.43. The number of hydrogen-bond acceptors (Lipinski definition) is 4. The number of benzene rings is 1. The number of amides is 1. The van der Waals surface area contributed by atoms with Crippen LogP contribution in [0, 0.1) is 34.8 Å². The molecule has 1 aliphatic rings. The molecule has 7 heteroatoms. The molecule has 0 spiro atoms. The van der Waals surface area contributed by atoms with Crippen LogP contribution >= 0.6 is 0 Å². The molecule has 2 atom stereocenters. The number of nitriles is 1. The van der Waals surface area contributed by atoms with E-state index in [1.54, 1.807) is 6.07 Å². The van der Waals surface area contributed by atoms with Crippen molar-refractivity contribution in [1.82, 2.24) is 4.98 Å². The van der Waals surface area contributed by atoms with Crippen molar-refractivity contribution in [3.05, 3.63) is 48.2 Å². The molecule has 1 fully saturated rings. The Kier molecular flexibility index (Phi) is 3.89. The summed E-state index contributed by atoms with van der Waals surface area (Å²) in [6, 6.07) is 8.30. The molecule has 1 N–H and O–H groups in total. The first-order valence-corrected chi connectivity index (χ1v) is 6.86. The maximum atomic E-state index is 13.1. The quantitative estimate of drug-likeness (QED) is 0.939. The van der Waals surface area contributed by atoms with E-state index >= 15 is 0 Å². The Morgan fingerprint density at radius 1 is 1.26 bits per heavy atom. The Morgan fingerprint density at radius 3 is 2.65 bits per heavy atom. The van der Waals surface area contributed by atoms with Gasteiger partial charge in [0, 0.05) is 6.07 Å². The molecule has 0 aliphatic heterocycles. The number of rotatable bonds is 4. The number of carbonyl (C=O) groups excluding carboxylic acids is 1. The second-order valence-electron chi connectivity index (χ2n) is 5.12. The first-order valence-electron chi connectivity index (χ1n) is 6.86. The van der Waals surface area contributed by atoms with Crippen LogP contribution in [0.1, 0.15) is 6.42 Å². The fourth-order valence-electron chi connectivity index (χ4n) is 2.04. The molecule has 1 aliphatic carbocycles. The molecule has 1 saturated carbocycles. The summed E-state index contributed by atoms with van der Waals surface area (Å²) in [4.78, 5) is 15.8. The van der Waals surface area contributed by atoms with Crippen molar-refractivity contribution < 1.29 is 18.3 Å². The van der Waals surface area contributed by atoms with Crippen molar-refractivity contribution in [2.75, 3.05) is 5.32 Å². The van der Waals surface area contributed by atoms with Crippen LogP contribution in [-0.4, -0.2) is 10.9 Å². The molecule has 0 unspecified atom stereocenters. The molecule has 1 aromatic carbocycles. The van der Waals surface area contributed by atoms with Gasteiger partial charge in [-0.2, -0.15) is 5.26 Å². The lowest BCUT2D eigenvalue weighted by Crippen LogP contribution is -2.15. The summed E-state index contributed by atoms with van der Waals surface area (Å²) in [6.07, 6.45) is 1.92. The largest absolute Gasteiger partial charge is 0.456 e. The number of ether oxygens (including phenoxy) is 1. The first-order chi connectivity index (χ1) is 11.1. The number of carbonyl (C=O) groups is 1. The van der Waals surface area contributed by atoms with Crippen LogP contribution in [0.15, 0.2) is 36.5 Å². The van der Waals surface area contributed by atoms with Crippen molar-refractivity contribution in [1.29, 1.82) is 5.26 Å². The monoisotopic (exact) mass is 315 g/mol. The van der Waals surface area contributed by atoms with E-state index in [-0.39, 0.29) is 23.5 Å². The van der Waals surface area contributed by atoms with Crippen LogP contribution in [0.25, 0.3) is 0 Å². The number of aromatic nitrogens is 1. The molecule has 23 heavy (non-hydrogen) atoms. The van der Waals surface area contributed by atoms with Gasteiger partial charge in [0.25, 0.3) is 0 Å². The van der Waals surface area contributed by atoms with Crippen molar-refractivity contribution >= 4 is 11.7 Å². The summed E-state index contributed by atoms with van der Waals surface area (Å²) in [6.45, 7) is 0. The van der Waals surface area contributed by atoms with Crippen LogP contribution in [-0.2, 0) is 4.79 Å². The molecular weight excluding hydrogens is 304 g/mol. The number of nitrogens with zero attached hydrogens (tertiary/aromatic N) is 2. The average molecular weight is 315 g/mol. The van der Waals surface area contributed by atoms with Crippen molar-refractivity contribution in [3.63, 3.8) is 0 Å².